The molecule has 1 aromatic carbocycles. The number of rotatable bonds is 4. The minimum absolute atomic E-state index is 0.889. The first-order valence-corrected chi connectivity index (χ1v) is 6.74. The first-order chi connectivity index (χ1) is 7.79. The van der Waals surface area contributed by atoms with Gasteiger partial charge in [0.2, 0.25) is 5.13 Å². The molecular weight excluding hydrogens is 286 g/mol. The molecule has 5 heteroatoms. The van der Waals surface area contributed by atoms with Crippen molar-refractivity contribution >= 4 is 32.4 Å². The highest BCUT2D eigenvalue weighted by Gasteiger charge is 2.05. The first-order valence-electron chi connectivity index (χ1n) is 5.13. The fourth-order valence-corrected chi connectivity index (χ4v) is 2.27. The van der Waals surface area contributed by atoms with Gasteiger partial charge in [-0.25, -0.2) is 0 Å². The molecule has 0 saturated carbocycles. The van der Waals surface area contributed by atoms with E-state index in [1.807, 2.05) is 24.3 Å². The van der Waals surface area contributed by atoms with Gasteiger partial charge < -0.3 is 5.32 Å². The molecule has 0 spiro atoms. The highest BCUT2D eigenvalue weighted by molar-refractivity contribution is 9.10. The second-order valence-corrected chi connectivity index (χ2v) is 5.24. The average Bonchev–Trinajstić information content (AvgIpc) is 2.76. The minimum atomic E-state index is 0.889. The zero-order valence-electron chi connectivity index (χ0n) is 8.90. The van der Waals surface area contributed by atoms with Crippen molar-refractivity contribution in [1.82, 2.24) is 10.2 Å². The van der Waals surface area contributed by atoms with Gasteiger partial charge in [-0.3, -0.25) is 0 Å². The summed E-state index contributed by atoms with van der Waals surface area (Å²) in [7, 11) is 0. The predicted octanol–water partition coefficient (Wildman–Crippen LogP) is 3.79. The molecule has 0 unspecified atom stereocenters. The molecule has 1 aromatic heterocycles. The molecule has 3 nitrogen and oxygen atoms in total. The Morgan fingerprint density at radius 2 is 2.00 bits per heavy atom. The quantitative estimate of drug-likeness (QED) is 0.933. The molecule has 1 N–H and O–H groups in total. The molecule has 0 saturated heterocycles. The topological polar surface area (TPSA) is 37.8 Å². The molecule has 0 atom stereocenters. The van der Waals surface area contributed by atoms with Gasteiger partial charge in [-0.05, 0) is 18.6 Å². The number of nitrogens with one attached hydrogen (secondary N) is 1. The Balaban J connectivity index is 2.15. The highest BCUT2D eigenvalue weighted by atomic mass is 79.9. The van der Waals surface area contributed by atoms with Crippen molar-refractivity contribution in [2.45, 2.75) is 13.3 Å². The van der Waals surface area contributed by atoms with Gasteiger partial charge in [0.25, 0.3) is 0 Å². The smallest absolute Gasteiger partial charge is 0.206 e. The lowest BCUT2D eigenvalue weighted by Gasteiger charge is -1.96. The maximum absolute atomic E-state index is 4.16. The standard InChI is InChI=1S/C11H12BrN3S/c1-2-7-13-11-15-14-10(16-11)8-3-5-9(12)6-4-8/h3-6H,2,7H2,1H3,(H,13,15). The molecule has 0 aliphatic carbocycles. The molecule has 0 aliphatic rings. The molecule has 0 bridgehead atoms. The van der Waals surface area contributed by atoms with E-state index in [-0.39, 0.29) is 0 Å². The van der Waals surface area contributed by atoms with Gasteiger partial charge >= 0.3 is 0 Å². The summed E-state index contributed by atoms with van der Waals surface area (Å²) in [6.07, 6.45) is 1.09. The number of halogens is 1. The summed E-state index contributed by atoms with van der Waals surface area (Å²) >= 11 is 5.00. The monoisotopic (exact) mass is 297 g/mol. The second-order valence-electron chi connectivity index (χ2n) is 3.35. The normalized spacial score (nSPS) is 10.4. The Morgan fingerprint density at radius 3 is 2.69 bits per heavy atom. The summed E-state index contributed by atoms with van der Waals surface area (Å²) < 4.78 is 1.07. The Bertz CT molecular complexity index is 453. The van der Waals surface area contributed by atoms with Crippen molar-refractivity contribution in [3.63, 3.8) is 0 Å². The van der Waals surface area contributed by atoms with Crippen molar-refractivity contribution in [3.05, 3.63) is 28.7 Å². The van der Waals surface area contributed by atoms with Crippen molar-refractivity contribution in [3.8, 4) is 10.6 Å². The fourth-order valence-electron chi connectivity index (χ4n) is 1.24. The van der Waals surface area contributed by atoms with Crippen LogP contribution in [0.2, 0.25) is 0 Å². The molecule has 2 rings (SSSR count). The molecule has 0 aliphatic heterocycles. The van der Waals surface area contributed by atoms with Crippen LogP contribution in [0, 0.1) is 0 Å². The Hall–Kier alpha value is -0.940. The zero-order valence-corrected chi connectivity index (χ0v) is 11.3. The summed E-state index contributed by atoms with van der Waals surface area (Å²) in [6, 6.07) is 8.09. The molecule has 84 valence electrons. The molecule has 0 amide bonds. The predicted molar refractivity (Wildman–Crippen MR) is 71.8 cm³/mol. The van der Waals surface area contributed by atoms with Crippen LogP contribution in [-0.2, 0) is 0 Å². The van der Waals surface area contributed by atoms with E-state index in [2.05, 4.69) is 38.4 Å². The lowest BCUT2D eigenvalue weighted by atomic mass is 10.2. The van der Waals surface area contributed by atoms with Gasteiger partial charge in [-0.15, -0.1) is 10.2 Å². The van der Waals surface area contributed by atoms with Gasteiger partial charge in [-0.1, -0.05) is 46.3 Å². The van der Waals surface area contributed by atoms with E-state index < -0.39 is 0 Å². The molecule has 0 fully saturated rings. The number of hydrogen-bond acceptors (Lipinski definition) is 4. The lowest BCUT2D eigenvalue weighted by Crippen LogP contribution is -1.98. The van der Waals surface area contributed by atoms with E-state index >= 15 is 0 Å². The van der Waals surface area contributed by atoms with Gasteiger partial charge in [-0.2, -0.15) is 0 Å². The van der Waals surface area contributed by atoms with Crippen molar-refractivity contribution < 1.29 is 0 Å². The average molecular weight is 298 g/mol. The fraction of sp³-hybridized carbons (Fsp3) is 0.273. The Kier molecular flexibility index (Phi) is 3.90. The van der Waals surface area contributed by atoms with Gasteiger partial charge in [0.05, 0.1) is 0 Å². The Labute approximate surface area is 107 Å². The van der Waals surface area contributed by atoms with Crippen LogP contribution < -0.4 is 5.32 Å². The van der Waals surface area contributed by atoms with Crippen LogP contribution in [0.1, 0.15) is 13.3 Å². The minimum Gasteiger partial charge on any atom is -0.360 e. The number of hydrogen-bond donors (Lipinski definition) is 1. The molecular formula is C11H12BrN3S. The van der Waals surface area contributed by atoms with Gasteiger partial charge in [0.15, 0.2) is 0 Å². The number of aromatic nitrogens is 2. The maximum atomic E-state index is 4.16. The van der Waals surface area contributed by atoms with Gasteiger partial charge in [0.1, 0.15) is 5.01 Å². The number of benzene rings is 1. The SMILES string of the molecule is CCCNc1nnc(-c2ccc(Br)cc2)s1. The van der Waals surface area contributed by atoms with Crippen LogP contribution in [-0.4, -0.2) is 16.7 Å². The number of nitrogens with zero attached hydrogens (tertiary/aromatic N) is 2. The summed E-state index contributed by atoms with van der Waals surface area (Å²) in [5, 5.41) is 13.3. The Morgan fingerprint density at radius 1 is 1.25 bits per heavy atom. The summed E-state index contributed by atoms with van der Waals surface area (Å²) in [4.78, 5) is 0. The molecule has 2 aromatic rings. The van der Waals surface area contributed by atoms with E-state index in [0.29, 0.717) is 0 Å². The zero-order chi connectivity index (χ0) is 11.4. The van der Waals surface area contributed by atoms with Crippen LogP contribution in [0.5, 0.6) is 0 Å². The third kappa shape index (κ3) is 2.80. The van der Waals surface area contributed by atoms with Crippen LogP contribution in [0.4, 0.5) is 5.13 Å². The van der Waals surface area contributed by atoms with E-state index in [0.717, 1.165) is 33.1 Å². The van der Waals surface area contributed by atoms with E-state index in [1.54, 1.807) is 11.3 Å². The third-order valence-corrected chi connectivity index (χ3v) is 3.50. The van der Waals surface area contributed by atoms with Crippen molar-refractivity contribution in [1.29, 1.82) is 0 Å². The van der Waals surface area contributed by atoms with Crippen LogP contribution in [0.3, 0.4) is 0 Å². The van der Waals surface area contributed by atoms with E-state index in [9.17, 15) is 0 Å². The number of anilines is 1. The molecule has 16 heavy (non-hydrogen) atoms. The van der Waals surface area contributed by atoms with Crippen LogP contribution in [0.15, 0.2) is 28.7 Å². The highest BCUT2D eigenvalue weighted by Crippen LogP contribution is 2.27. The van der Waals surface area contributed by atoms with E-state index in [4.69, 9.17) is 0 Å². The summed E-state index contributed by atoms with van der Waals surface area (Å²) in [6.45, 7) is 3.07. The van der Waals surface area contributed by atoms with Crippen LogP contribution >= 0.6 is 27.3 Å². The van der Waals surface area contributed by atoms with Crippen molar-refractivity contribution in [2.24, 2.45) is 0 Å². The second kappa shape index (κ2) is 5.41. The van der Waals surface area contributed by atoms with Gasteiger partial charge in [0, 0.05) is 16.6 Å². The molecule has 0 radical (unpaired) electrons. The van der Waals surface area contributed by atoms with Crippen LogP contribution in [0.25, 0.3) is 10.6 Å². The largest absolute Gasteiger partial charge is 0.360 e. The molecule has 1 heterocycles. The van der Waals surface area contributed by atoms with Crippen molar-refractivity contribution in [2.75, 3.05) is 11.9 Å². The third-order valence-electron chi connectivity index (χ3n) is 2.04. The summed E-state index contributed by atoms with van der Waals surface area (Å²) in [5.41, 5.74) is 1.10. The lowest BCUT2D eigenvalue weighted by molar-refractivity contribution is 0.964. The summed E-state index contributed by atoms with van der Waals surface area (Å²) in [5.74, 6) is 0. The maximum Gasteiger partial charge on any atom is 0.206 e. The van der Waals surface area contributed by atoms with E-state index in [1.165, 1.54) is 0 Å². The first kappa shape index (κ1) is 11.5.